The molecule has 0 aliphatic carbocycles. The van der Waals surface area contributed by atoms with Gasteiger partial charge in [0.05, 0.1) is 17.9 Å². The van der Waals surface area contributed by atoms with E-state index >= 15 is 0 Å². The Morgan fingerprint density at radius 2 is 1.75 bits per heavy atom. The monoisotopic (exact) mass is 508 g/mol. The number of nitrogens with zero attached hydrogens (tertiary/aromatic N) is 1. The average Bonchev–Trinajstić information content (AvgIpc) is 3.37. The van der Waals surface area contributed by atoms with Crippen molar-refractivity contribution in [2.24, 2.45) is 0 Å². The van der Waals surface area contributed by atoms with Crippen LogP contribution >= 0.6 is 0 Å². The van der Waals surface area contributed by atoms with Crippen molar-refractivity contribution in [1.82, 2.24) is 9.62 Å². The van der Waals surface area contributed by atoms with Crippen LogP contribution in [-0.4, -0.2) is 39.1 Å². The normalized spacial score (nSPS) is 12.2. The molecule has 0 atom stereocenters. The summed E-state index contributed by atoms with van der Waals surface area (Å²) in [6.07, 6.45) is 5.75. The zero-order chi connectivity index (χ0) is 25.5. The Bertz CT molecular complexity index is 1370. The number of rotatable bonds is 10. The Morgan fingerprint density at radius 3 is 2.47 bits per heavy atom. The molecule has 3 aromatic rings. The van der Waals surface area contributed by atoms with E-state index in [4.69, 9.17) is 15.9 Å². The third kappa shape index (κ3) is 6.22. The van der Waals surface area contributed by atoms with Crippen LogP contribution in [0.4, 0.5) is 4.39 Å². The Kier molecular flexibility index (Phi) is 7.88. The van der Waals surface area contributed by atoms with Gasteiger partial charge in [0.2, 0.25) is 22.7 Å². The number of amides is 1. The maximum atomic E-state index is 13.3. The smallest absolute Gasteiger partial charge is 0.241 e. The quantitative estimate of drug-likeness (QED) is 0.425. The lowest BCUT2D eigenvalue weighted by Gasteiger charge is -2.24. The van der Waals surface area contributed by atoms with Crippen LogP contribution in [0.5, 0.6) is 11.5 Å². The fourth-order valence-electron chi connectivity index (χ4n) is 3.82. The highest BCUT2D eigenvalue weighted by Gasteiger charge is 2.22. The first kappa shape index (κ1) is 25.2. The number of halogens is 1. The van der Waals surface area contributed by atoms with E-state index in [9.17, 15) is 17.6 Å². The highest BCUT2D eigenvalue weighted by atomic mass is 32.2. The fourth-order valence-corrected chi connectivity index (χ4v) is 4.76. The molecule has 1 heterocycles. The molecule has 36 heavy (non-hydrogen) atoms. The Hall–Kier alpha value is -3.87. The summed E-state index contributed by atoms with van der Waals surface area (Å²) in [5.74, 6) is 3.00. The molecule has 0 spiro atoms. The van der Waals surface area contributed by atoms with Gasteiger partial charge in [0.1, 0.15) is 5.82 Å². The van der Waals surface area contributed by atoms with Crippen molar-refractivity contribution in [1.29, 1.82) is 0 Å². The number of ether oxygens (including phenoxy) is 2. The van der Waals surface area contributed by atoms with Gasteiger partial charge in [0, 0.05) is 18.7 Å². The van der Waals surface area contributed by atoms with Crippen LogP contribution in [0, 0.1) is 18.2 Å². The molecule has 0 saturated carbocycles. The van der Waals surface area contributed by atoms with Crippen molar-refractivity contribution in [3.8, 4) is 23.8 Å². The molecule has 9 heteroatoms. The number of carbonyl (C=O) groups excluding carboxylic acids is 1. The van der Waals surface area contributed by atoms with Crippen LogP contribution in [0.3, 0.4) is 0 Å². The van der Waals surface area contributed by atoms with Gasteiger partial charge in [-0.25, -0.2) is 12.8 Å². The van der Waals surface area contributed by atoms with Crippen LogP contribution < -0.4 is 14.2 Å². The first-order chi connectivity index (χ1) is 17.4. The number of terminal acetylenes is 1. The van der Waals surface area contributed by atoms with Gasteiger partial charge < -0.3 is 14.4 Å². The number of hydrogen-bond acceptors (Lipinski definition) is 5. The number of carbonyl (C=O) groups is 1. The summed E-state index contributed by atoms with van der Waals surface area (Å²) in [5, 5.41) is 0. The SMILES string of the molecule is C#CCNS(=O)(=O)c1ccc(CCN(Cc2cccc3c2OCO3)C(=O)Cc2ccc(F)cc2)cc1. The lowest BCUT2D eigenvalue weighted by Crippen LogP contribution is -2.33. The summed E-state index contributed by atoms with van der Waals surface area (Å²) >= 11 is 0. The van der Waals surface area contributed by atoms with E-state index in [0.717, 1.165) is 11.1 Å². The maximum Gasteiger partial charge on any atom is 0.241 e. The molecule has 0 fully saturated rings. The number of para-hydroxylation sites is 1. The van der Waals surface area contributed by atoms with Crippen LogP contribution in [0.1, 0.15) is 16.7 Å². The van der Waals surface area contributed by atoms with E-state index < -0.39 is 10.0 Å². The summed E-state index contributed by atoms with van der Waals surface area (Å²) in [5.41, 5.74) is 2.39. The number of sulfonamides is 1. The second kappa shape index (κ2) is 11.2. The van der Waals surface area contributed by atoms with E-state index in [1.807, 2.05) is 18.2 Å². The molecule has 7 nitrogen and oxygen atoms in total. The van der Waals surface area contributed by atoms with E-state index in [1.165, 1.54) is 24.3 Å². The lowest BCUT2D eigenvalue weighted by molar-refractivity contribution is -0.131. The van der Waals surface area contributed by atoms with Crippen molar-refractivity contribution in [3.63, 3.8) is 0 Å². The summed E-state index contributed by atoms with van der Waals surface area (Å²) in [4.78, 5) is 15.1. The van der Waals surface area contributed by atoms with Gasteiger partial charge in [0.25, 0.3) is 0 Å². The number of fused-ring (bicyclic) bond motifs is 1. The van der Waals surface area contributed by atoms with Crippen molar-refractivity contribution < 1.29 is 27.1 Å². The number of hydrogen-bond donors (Lipinski definition) is 1. The molecule has 0 saturated heterocycles. The van der Waals surface area contributed by atoms with Gasteiger partial charge in [-0.05, 0) is 47.9 Å². The minimum atomic E-state index is -3.68. The molecule has 1 aliphatic heterocycles. The van der Waals surface area contributed by atoms with Gasteiger partial charge in [0.15, 0.2) is 11.5 Å². The molecular weight excluding hydrogens is 483 g/mol. The van der Waals surface area contributed by atoms with Crippen molar-refractivity contribution >= 4 is 15.9 Å². The summed E-state index contributed by atoms with van der Waals surface area (Å²) in [6.45, 7) is 0.718. The minimum absolute atomic E-state index is 0.0901. The van der Waals surface area contributed by atoms with E-state index in [1.54, 1.807) is 29.2 Å². The predicted molar refractivity (Wildman–Crippen MR) is 132 cm³/mol. The first-order valence-electron chi connectivity index (χ1n) is 11.3. The fraction of sp³-hybridized carbons (Fsp3) is 0.222. The second-order valence-electron chi connectivity index (χ2n) is 8.19. The molecule has 3 aromatic carbocycles. The van der Waals surface area contributed by atoms with Crippen molar-refractivity contribution in [2.75, 3.05) is 19.9 Å². The predicted octanol–water partition coefficient (Wildman–Crippen LogP) is 3.28. The highest BCUT2D eigenvalue weighted by Crippen LogP contribution is 2.36. The van der Waals surface area contributed by atoms with E-state index in [-0.39, 0.29) is 36.4 Å². The molecule has 4 rings (SSSR count). The van der Waals surface area contributed by atoms with Crippen LogP contribution in [0.25, 0.3) is 0 Å². The maximum absolute atomic E-state index is 13.3. The van der Waals surface area contributed by atoms with Gasteiger partial charge in [-0.1, -0.05) is 42.3 Å². The molecule has 0 aromatic heterocycles. The largest absolute Gasteiger partial charge is 0.454 e. The minimum Gasteiger partial charge on any atom is -0.454 e. The van der Waals surface area contributed by atoms with E-state index in [0.29, 0.717) is 36.6 Å². The third-order valence-electron chi connectivity index (χ3n) is 5.73. The van der Waals surface area contributed by atoms with Gasteiger partial charge in [-0.3, -0.25) is 4.79 Å². The Labute approximate surface area is 209 Å². The van der Waals surface area contributed by atoms with Crippen LogP contribution in [0.2, 0.25) is 0 Å². The molecule has 1 aliphatic rings. The highest BCUT2D eigenvalue weighted by molar-refractivity contribution is 7.89. The molecule has 0 radical (unpaired) electrons. The van der Waals surface area contributed by atoms with Gasteiger partial charge >= 0.3 is 0 Å². The van der Waals surface area contributed by atoms with Gasteiger partial charge in [-0.2, -0.15) is 4.72 Å². The van der Waals surface area contributed by atoms with Crippen molar-refractivity contribution in [3.05, 3.63) is 89.2 Å². The molecular formula is C27H25FN2O5S. The Morgan fingerprint density at radius 1 is 1.03 bits per heavy atom. The topological polar surface area (TPSA) is 84.9 Å². The number of nitrogens with one attached hydrogen (secondary N) is 1. The summed E-state index contributed by atoms with van der Waals surface area (Å²) < 4.78 is 51.2. The number of benzene rings is 3. The zero-order valence-electron chi connectivity index (χ0n) is 19.4. The van der Waals surface area contributed by atoms with Crippen LogP contribution in [0.15, 0.2) is 71.6 Å². The average molecular weight is 509 g/mol. The van der Waals surface area contributed by atoms with Crippen molar-refractivity contribution in [2.45, 2.75) is 24.3 Å². The third-order valence-corrected chi connectivity index (χ3v) is 7.15. The zero-order valence-corrected chi connectivity index (χ0v) is 20.3. The van der Waals surface area contributed by atoms with Crippen LogP contribution in [-0.2, 0) is 34.2 Å². The lowest BCUT2D eigenvalue weighted by atomic mass is 10.1. The Balaban J connectivity index is 1.49. The molecule has 1 amide bonds. The first-order valence-corrected chi connectivity index (χ1v) is 12.8. The molecule has 186 valence electrons. The second-order valence-corrected chi connectivity index (χ2v) is 9.96. The molecule has 1 N–H and O–H groups in total. The molecule has 0 bridgehead atoms. The summed E-state index contributed by atoms with van der Waals surface area (Å²) in [6, 6.07) is 17.8. The standard InChI is InChI=1S/C27H25FN2O5S/c1-2-15-29-36(32,33)24-12-8-20(9-13-24)14-16-30(26(31)17-21-6-10-23(28)11-7-21)18-22-4-3-5-25-27(22)35-19-34-25/h1,3-13,29H,14-19H2. The van der Waals surface area contributed by atoms with E-state index in [2.05, 4.69) is 10.6 Å². The van der Waals surface area contributed by atoms with Gasteiger partial charge in [-0.15, -0.1) is 6.42 Å². The summed E-state index contributed by atoms with van der Waals surface area (Å²) in [7, 11) is -3.68. The molecule has 0 unspecified atom stereocenters.